The van der Waals surface area contributed by atoms with E-state index in [0.29, 0.717) is 12.0 Å². The van der Waals surface area contributed by atoms with Gasteiger partial charge in [-0.2, -0.15) is 0 Å². The smallest absolute Gasteiger partial charge is 0.0393 e. The minimum Gasteiger partial charge on any atom is -0.349 e. The Morgan fingerprint density at radius 3 is 2.35 bits per heavy atom. The zero-order valence-corrected chi connectivity index (χ0v) is 11.9. The number of hydrogen-bond acceptors (Lipinski definition) is 1. The SMILES string of the molecule is CC(C)C(C)c1ccn2c1CN(C(C)C)CC2. The summed E-state index contributed by atoms with van der Waals surface area (Å²) in [5, 5.41) is 0. The van der Waals surface area contributed by atoms with Crippen molar-refractivity contribution in [2.45, 2.75) is 59.7 Å². The van der Waals surface area contributed by atoms with Gasteiger partial charge in [0.2, 0.25) is 0 Å². The van der Waals surface area contributed by atoms with Crippen LogP contribution < -0.4 is 0 Å². The van der Waals surface area contributed by atoms with E-state index in [-0.39, 0.29) is 0 Å². The van der Waals surface area contributed by atoms with E-state index in [4.69, 9.17) is 0 Å². The molecule has 2 rings (SSSR count). The van der Waals surface area contributed by atoms with Crippen molar-refractivity contribution in [3.63, 3.8) is 0 Å². The lowest BCUT2D eigenvalue weighted by Gasteiger charge is -2.33. The van der Waals surface area contributed by atoms with Gasteiger partial charge in [0.05, 0.1) is 0 Å². The normalized spacial score (nSPS) is 18.8. The van der Waals surface area contributed by atoms with Gasteiger partial charge in [-0.3, -0.25) is 4.90 Å². The molecule has 1 aliphatic rings. The molecular formula is C15H26N2. The highest BCUT2D eigenvalue weighted by Gasteiger charge is 2.23. The quantitative estimate of drug-likeness (QED) is 0.777. The zero-order valence-electron chi connectivity index (χ0n) is 11.9. The Bertz CT molecular complexity index is 376. The number of hydrogen-bond donors (Lipinski definition) is 0. The van der Waals surface area contributed by atoms with Crippen LogP contribution >= 0.6 is 0 Å². The average molecular weight is 234 g/mol. The highest BCUT2D eigenvalue weighted by Crippen LogP contribution is 2.30. The number of fused-ring (bicyclic) bond motifs is 1. The molecule has 0 bridgehead atoms. The molecule has 96 valence electrons. The maximum absolute atomic E-state index is 2.58. The van der Waals surface area contributed by atoms with Crippen LogP contribution in [0, 0.1) is 5.92 Å². The monoisotopic (exact) mass is 234 g/mol. The second-order valence-electron chi connectivity index (χ2n) is 6.01. The van der Waals surface area contributed by atoms with E-state index >= 15 is 0 Å². The molecule has 1 aromatic rings. The highest BCUT2D eigenvalue weighted by atomic mass is 15.2. The van der Waals surface area contributed by atoms with Gasteiger partial charge in [-0.1, -0.05) is 20.8 Å². The molecule has 0 saturated carbocycles. The molecule has 2 nitrogen and oxygen atoms in total. The fraction of sp³-hybridized carbons (Fsp3) is 0.733. The third-order valence-electron chi connectivity index (χ3n) is 4.32. The predicted molar refractivity (Wildman–Crippen MR) is 73.2 cm³/mol. The summed E-state index contributed by atoms with van der Waals surface area (Å²) in [6.45, 7) is 15.0. The molecule has 0 saturated heterocycles. The third kappa shape index (κ3) is 2.42. The molecule has 2 heteroatoms. The van der Waals surface area contributed by atoms with E-state index in [0.717, 1.165) is 19.0 Å². The summed E-state index contributed by atoms with van der Waals surface area (Å²) in [6.07, 6.45) is 2.28. The van der Waals surface area contributed by atoms with Crippen molar-refractivity contribution >= 4 is 0 Å². The largest absolute Gasteiger partial charge is 0.349 e. The first-order valence-electron chi connectivity index (χ1n) is 6.92. The fourth-order valence-electron chi connectivity index (χ4n) is 2.64. The van der Waals surface area contributed by atoms with Gasteiger partial charge >= 0.3 is 0 Å². The van der Waals surface area contributed by atoms with Crippen molar-refractivity contribution in [1.82, 2.24) is 9.47 Å². The Labute approximate surface area is 106 Å². The Balaban J connectivity index is 2.25. The third-order valence-corrected chi connectivity index (χ3v) is 4.32. The first-order chi connectivity index (χ1) is 8.00. The van der Waals surface area contributed by atoms with Crippen molar-refractivity contribution in [3.8, 4) is 0 Å². The summed E-state index contributed by atoms with van der Waals surface area (Å²) in [5.74, 6) is 1.38. The molecule has 0 spiro atoms. The van der Waals surface area contributed by atoms with E-state index < -0.39 is 0 Å². The molecule has 1 atom stereocenters. The Morgan fingerprint density at radius 1 is 1.06 bits per heavy atom. The molecule has 0 aliphatic carbocycles. The van der Waals surface area contributed by atoms with Crippen molar-refractivity contribution in [2.75, 3.05) is 6.54 Å². The topological polar surface area (TPSA) is 8.17 Å². The molecule has 1 aliphatic heterocycles. The first-order valence-corrected chi connectivity index (χ1v) is 6.92. The van der Waals surface area contributed by atoms with Crippen LogP contribution in [0.4, 0.5) is 0 Å². The lowest BCUT2D eigenvalue weighted by Crippen LogP contribution is -2.38. The average Bonchev–Trinajstić information content (AvgIpc) is 2.70. The Hall–Kier alpha value is -0.760. The first kappa shape index (κ1) is 12.7. The molecule has 0 fully saturated rings. The van der Waals surface area contributed by atoms with Crippen LogP contribution in [0.3, 0.4) is 0 Å². The lowest BCUT2D eigenvalue weighted by molar-refractivity contribution is 0.175. The van der Waals surface area contributed by atoms with Crippen LogP contribution in [0.15, 0.2) is 12.3 Å². The molecular weight excluding hydrogens is 208 g/mol. The van der Waals surface area contributed by atoms with Gasteiger partial charge < -0.3 is 4.57 Å². The van der Waals surface area contributed by atoms with Crippen LogP contribution in [-0.4, -0.2) is 22.1 Å². The van der Waals surface area contributed by atoms with E-state index in [1.807, 2.05) is 0 Å². The number of aromatic nitrogens is 1. The molecule has 0 radical (unpaired) electrons. The lowest BCUT2D eigenvalue weighted by atomic mass is 9.90. The predicted octanol–water partition coefficient (Wildman–Crippen LogP) is 3.47. The minimum atomic E-state index is 0.654. The zero-order chi connectivity index (χ0) is 12.6. The summed E-state index contributed by atoms with van der Waals surface area (Å²) >= 11 is 0. The van der Waals surface area contributed by atoms with Crippen LogP contribution in [0.1, 0.15) is 51.8 Å². The van der Waals surface area contributed by atoms with Crippen molar-refractivity contribution in [3.05, 3.63) is 23.5 Å². The summed E-state index contributed by atoms with van der Waals surface area (Å²) in [4.78, 5) is 2.58. The van der Waals surface area contributed by atoms with Crippen molar-refractivity contribution in [2.24, 2.45) is 5.92 Å². The van der Waals surface area contributed by atoms with Gasteiger partial charge in [0, 0.05) is 37.6 Å². The van der Waals surface area contributed by atoms with Crippen LogP contribution in [-0.2, 0) is 13.1 Å². The molecule has 0 N–H and O–H groups in total. The van der Waals surface area contributed by atoms with Gasteiger partial charge in [0.15, 0.2) is 0 Å². The molecule has 1 unspecified atom stereocenters. The maximum Gasteiger partial charge on any atom is 0.0393 e. The second-order valence-corrected chi connectivity index (χ2v) is 6.01. The summed E-state index contributed by atoms with van der Waals surface area (Å²) in [5.41, 5.74) is 3.11. The minimum absolute atomic E-state index is 0.654. The molecule has 1 aromatic heterocycles. The van der Waals surface area contributed by atoms with E-state index in [1.165, 1.54) is 6.54 Å². The van der Waals surface area contributed by atoms with Crippen LogP contribution in [0.25, 0.3) is 0 Å². The van der Waals surface area contributed by atoms with E-state index in [9.17, 15) is 0 Å². The van der Waals surface area contributed by atoms with Gasteiger partial charge in [-0.25, -0.2) is 0 Å². The second kappa shape index (κ2) is 4.85. The van der Waals surface area contributed by atoms with E-state index in [1.54, 1.807) is 11.3 Å². The van der Waals surface area contributed by atoms with Crippen LogP contribution in [0.5, 0.6) is 0 Å². The van der Waals surface area contributed by atoms with E-state index in [2.05, 4.69) is 56.3 Å². The number of rotatable bonds is 3. The summed E-state index contributed by atoms with van der Waals surface area (Å²) in [6, 6.07) is 2.99. The van der Waals surface area contributed by atoms with Gasteiger partial charge in [-0.05, 0) is 37.3 Å². The van der Waals surface area contributed by atoms with Gasteiger partial charge in [0.25, 0.3) is 0 Å². The molecule has 0 aromatic carbocycles. The fourth-order valence-corrected chi connectivity index (χ4v) is 2.64. The van der Waals surface area contributed by atoms with Crippen molar-refractivity contribution < 1.29 is 0 Å². The summed E-state index contributed by atoms with van der Waals surface area (Å²) in [7, 11) is 0. The molecule has 17 heavy (non-hydrogen) atoms. The number of nitrogens with zero attached hydrogens (tertiary/aromatic N) is 2. The van der Waals surface area contributed by atoms with Gasteiger partial charge in [0.1, 0.15) is 0 Å². The highest BCUT2D eigenvalue weighted by molar-refractivity contribution is 5.27. The standard InChI is InChI=1S/C15H26N2/c1-11(2)13(5)14-6-7-16-8-9-17(12(3)4)10-15(14)16/h6-7,11-13H,8-10H2,1-5H3. The van der Waals surface area contributed by atoms with Gasteiger partial charge in [-0.15, -0.1) is 0 Å². The summed E-state index contributed by atoms with van der Waals surface area (Å²) < 4.78 is 2.45. The Kier molecular flexibility index (Phi) is 3.62. The molecule has 2 heterocycles. The van der Waals surface area contributed by atoms with Crippen LogP contribution in [0.2, 0.25) is 0 Å². The maximum atomic E-state index is 2.58. The Morgan fingerprint density at radius 2 is 1.76 bits per heavy atom. The van der Waals surface area contributed by atoms with Crippen molar-refractivity contribution in [1.29, 1.82) is 0 Å². The molecule has 0 amide bonds.